The molecule has 5 nitrogen and oxygen atoms in total. The summed E-state index contributed by atoms with van der Waals surface area (Å²) in [7, 11) is 1.64. The molecule has 1 saturated heterocycles. The molecule has 1 unspecified atom stereocenters. The Morgan fingerprint density at radius 3 is 3.00 bits per heavy atom. The predicted molar refractivity (Wildman–Crippen MR) is 43.7 cm³/mol. The van der Waals surface area contributed by atoms with Gasteiger partial charge in [0.15, 0.2) is 0 Å². The average molecular weight is 174 g/mol. The van der Waals surface area contributed by atoms with E-state index in [1.807, 2.05) is 0 Å². The van der Waals surface area contributed by atoms with Crippen molar-refractivity contribution in [3.05, 3.63) is 10.1 Å². The normalized spacial score (nSPS) is 24.6. The molecule has 1 rings (SSSR count). The molecule has 0 aliphatic carbocycles. The van der Waals surface area contributed by atoms with Crippen LogP contribution in [0.1, 0.15) is 6.42 Å². The van der Waals surface area contributed by atoms with Crippen LogP contribution in [-0.2, 0) is 4.74 Å². The summed E-state index contributed by atoms with van der Waals surface area (Å²) in [4.78, 5) is 12.2. The van der Waals surface area contributed by atoms with Crippen molar-refractivity contribution in [3.8, 4) is 0 Å². The molecule has 0 N–H and O–H groups in total. The van der Waals surface area contributed by atoms with Gasteiger partial charge in [-0.1, -0.05) is 0 Å². The Hall–Kier alpha value is -0.680. The zero-order valence-corrected chi connectivity index (χ0v) is 7.23. The van der Waals surface area contributed by atoms with Crippen LogP contribution >= 0.6 is 0 Å². The highest BCUT2D eigenvalue weighted by Crippen LogP contribution is 2.10. The van der Waals surface area contributed by atoms with Crippen molar-refractivity contribution in [2.75, 3.05) is 33.4 Å². The number of hydrogen-bond donors (Lipinski definition) is 0. The van der Waals surface area contributed by atoms with Gasteiger partial charge in [0, 0.05) is 31.5 Å². The van der Waals surface area contributed by atoms with Gasteiger partial charge in [0.25, 0.3) is 0 Å². The topological polar surface area (TPSA) is 55.6 Å². The molecule has 12 heavy (non-hydrogen) atoms. The van der Waals surface area contributed by atoms with Gasteiger partial charge in [-0.15, -0.1) is 0 Å². The quantitative estimate of drug-likeness (QED) is 0.444. The van der Waals surface area contributed by atoms with Crippen LogP contribution < -0.4 is 0 Å². The van der Waals surface area contributed by atoms with Crippen LogP contribution in [0, 0.1) is 10.1 Å². The van der Waals surface area contributed by atoms with Gasteiger partial charge in [-0.2, -0.15) is 0 Å². The third kappa shape index (κ3) is 2.42. The highest BCUT2D eigenvalue weighted by atomic mass is 16.6. The molecular formula is C7H14N2O3. The largest absolute Gasteiger partial charge is 0.383 e. The van der Waals surface area contributed by atoms with E-state index in [4.69, 9.17) is 4.74 Å². The highest BCUT2D eigenvalue weighted by molar-refractivity contribution is 4.74. The van der Waals surface area contributed by atoms with Crippen LogP contribution in [-0.4, -0.2) is 49.2 Å². The lowest BCUT2D eigenvalue weighted by Crippen LogP contribution is -2.28. The molecule has 1 atom stereocenters. The Labute approximate surface area is 71.4 Å². The van der Waals surface area contributed by atoms with Crippen molar-refractivity contribution >= 4 is 0 Å². The van der Waals surface area contributed by atoms with E-state index in [-0.39, 0.29) is 11.0 Å². The molecule has 0 radical (unpaired) electrons. The number of nitrogens with zero attached hydrogens (tertiary/aromatic N) is 2. The molecular weight excluding hydrogens is 160 g/mol. The fourth-order valence-electron chi connectivity index (χ4n) is 1.41. The smallest absolute Gasteiger partial charge is 0.226 e. The summed E-state index contributed by atoms with van der Waals surface area (Å²) in [6.07, 6.45) is 0.677. The monoisotopic (exact) mass is 174 g/mol. The Kier molecular flexibility index (Phi) is 3.43. The van der Waals surface area contributed by atoms with Crippen molar-refractivity contribution in [2.24, 2.45) is 0 Å². The molecule has 0 spiro atoms. The first-order valence-electron chi connectivity index (χ1n) is 4.09. The van der Waals surface area contributed by atoms with Gasteiger partial charge in [0.2, 0.25) is 6.04 Å². The van der Waals surface area contributed by atoms with Crippen molar-refractivity contribution in [1.82, 2.24) is 4.90 Å². The Balaban J connectivity index is 2.21. The van der Waals surface area contributed by atoms with Gasteiger partial charge in [-0.05, 0) is 0 Å². The van der Waals surface area contributed by atoms with Crippen LogP contribution in [0.3, 0.4) is 0 Å². The van der Waals surface area contributed by atoms with Gasteiger partial charge in [-0.3, -0.25) is 15.0 Å². The fraction of sp³-hybridized carbons (Fsp3) is 1.00. The summed E-state index contributed by atoms with van der Waals surface area (Å²) in [5, 5.41) is 10.4. The second kappa shape index (κ2) is 4.37. The maximum Gasteiger partial charge on any atom is 0.226 e. The van der Waals surface area contributed by atoms with E-state index >= 15 is 0 Å². The zero-order valence-electron chi connectivity index (χ0n) is 7.23. The number of methoxy groups -OCH3 is 1. The van der Waals surface area contributed by atoms with Crippen molar-refractivity contribution < 1.29 is 9.66 Å². The number of hydrogen-bond acceptors (Lipinski definition) is 4. The van der Waals surface area contributed by atoms with Gasteiger partial charge in [0.1, 0.15) is 0 Å². The van der Waals surface area contributed by atoms with Crippen LogP contribution in [0.15, 0.2) is 0 Å². The molecule has 70 valence electrons. The summed E-state index contributed by atoms with van der Waals surface area (Å²) in [5.41, 5.74) is 0. The minimum atomic E-state index is -0.359. The zero-order chi connectivity index (χ0) is 8.97. The maximum absolute atomic E-state index is 10.4. The second-order valence-corrected chi connectivity index (χ2v) is 3.02. The number of ether oxygens (including phenoxy) is 1. The van der Waals surface area contributed by atoms with Gasteiger partial charge in [-0.25, -0.2) is 0 Å². The standard InChI is InChI=1S/C7H14N2O3/c1-12-5-4-8-3-2-7(6-8)9(10)11/h7H,2-6H2,1H3. The number of likely N-dealkylation sites (tertiary alicyclic amines) is 1. The minimum Gasteiger partial charge on any atom is -0.383 e. The first-order chi connectivity index (χ1) is 5.74. The van der Waals surface area contributed by atoms with E-state index in [0.29, 0.717) is 19.6 Å². The predicted octanol–water partition coefficient (Wildman–Crippen LogP) is -0.0162. The van der Waals surface area contributed by atoms with Crippen LogP contribution in [0.5, 0.6) is 0 Å². The Morgan fingerprint density at radius 1 is 1.75 bits per heavy atom. The molecule has 0 aromatic carbocycles. The lowest BCUT2D eigenvalue weighted by molar-refractivity contribution is -0.518. The molecule has 0 bridgehead atoms. The van der Waals surface area contributed by atoms with Crippen LogP contribution in [0.2, 0.25) is 0 Å². The molecule has 5 heteroatoms. The Morgan fingerprint density at radius 2 is 2.50 bits per heavy atom. The van der Waals surface area contributed by atoms with Crippen molar-refractivity contribution in [3.63, 3.8) is 0 Å². The minimum absolute atomic E-state index is 0.188. The molecule has 1 aliphatic heterocycles. The number of nitro groups is 1. The fourth-order valence-corrected chi connectivity index (χ4v) is 1.41. The van der Waals surface area contributed by atoms with E-state index in [1.165, 1.54) is 0 Å². The SMILES string of the molecule is COCCN1CCC([N+](=O)[O-])C1. The molecule has 0 amide bonds. The molecule has 0 saturated carbocycles. The summed E-state index contributed by atoms with van der Waals surface area (Å²) in [6, 6.07) is -0.359. The molecule has 1 heterocycles. The average Bonchev–Trinajstić information content (AvgIpc) is 2.48. The molecule has 0 aromatic heterocycles. The first kappa shape index (κ1) is 9.41. The van der Waals surface area contributed by atoms with Crippen molar-refractivity contribution in [2.45, 2.75) is 12.5 Å². The summed E-state index contributed by atoms with van der Waals surface area (Å²) < 4.78 is 4.89. The molecule has 1 aliphatic rings. The summed E-state index contributed by atoms with van der Waals surface area (Å²) in [5.74, 6) is 0. The molecule has 0 aromatic rings. The third-order valence-corrected chi connectivity index (χ3v) is 2.16. The van der Waals surface area contributed by atoms with E-state index in [1.54, 1.807) is 7.11 Å². The van der Waals surface area contributed by atoms with Crippen LogP contribution in [0.25, 0.3) is 0 Å². The Bertz CT molecular complexity index is 163. The third-order valence-electron chi connectivity index (χ3n) is 2.16. The highest BCUT2D eigenvalue weighted by Gasteiger charge is 2.30. The number of rotatable bonds is 4. The second-order valence-electron chi connectivity index (χ2n) is 3.02. The van der Waals surface area contributed by atoms with E-state index in [2.05, 4.69) is 4.90 Å². The van der Waals surface area contributed by atoms with E-state index in [0.717, 1.165) is 13.1 Å². The van der Waals surface area contributed by atoms with E-state index < -0.39 is 0 Å². The van der Waals surface area contributed by atoms with Crippen LogP contribution in [0.4, 0.5) is 0 Å². The van der Waals surface area contributed by atoms with Gasteiger partial charge < -0.3 is 4.74 Å². The first-order valence-corrected chi connectivity index (χ1v) is 4.09. The lowest BCUT2D eigenvalue weighted by atomic mass is 10.3. The van der Waals surface area contributed by atoms with E-state index in [9.17, 15) is 10.1 Å². The summed E-state index contributed by atoms with van der Waals surface area (Å²) >= 11 is 0. The maximum atomic E-state index is 10.4. The summed E-state index contributed by atoms with van der Waals surface area (Å²) in [6.45, 7) is 2.87. The van der Waals surface area contributed by atoms with Crippen molar-refractivity contribution in [1.29, 1.82) is 0 Å². The molecule has 1 fully saturated rings. The van der Waals surface area contributed by atoms with Gasteiger partial charge >= 0.3 is 0 Å². The lowest BCUT2D eigenvalue weighted by Gasteiger charge is -2.12. The van der Waals surface area contributed by atoms with Gasteiger partial charge in [0.05, 0.1) is 13.2 Å².